The minimum absolute atomic E-state index is 0.167. The SMILES string of the molecule is CC(=O)Nc1cccc(NC(=O)c2cccc(Oc3ccccc3)c2)c1. The van der Waals surface area contributed by atoms with Gasteiger partial charge in [0.1, 0.15) is 11.5 Å². The van der Waals surface area contributed by atoms with Crippen LogP contribution in [0.25, 0.3) is 0 Å². The Kier molecular flexibility index (Phi) is 5.29. The number of ether oxygens (including phenoxy) is 1. The van der Waals surface area contributed by atoms with Gasteiger partial charge in [-0.05, 0) is 48.5 Å². The van der Waals surface area contributed by atoms with Crippen molar-refractivity contribution in [3.05, 3.63) is 84.4 Å². The third-order valence-corrected chi connectivity index (χ3v) is 3.52. The number of hydrogen-bond donors (Lipinski definition) is 2. The zero-order valence-electron chi connectivity index (χ0n) is 14.2. The molecule has 0 radical (unpaired) electrons. The molecule has 0 atom stereocenters. The third kappa shape index (κ3) is 4.70. The van der Waals surface area contributed by atoms with Crippen LogP contribution >= 0.6 is 0 Å². The van der Waals surface area contributed by atoms with Crippen molar-refractivity contribution in [2.24, 2.45) is 0 Å². The van der Waals surface area contributed by atoms with Crippen LogP contribution in [0.2, 0.25) is 0 Å². The second-order valence-corrected chi connectivity index (χ2v) is 5.66. The van der Waals surface area contributed by atoms with E-state index in [4.69, 9.17) is 4.74 Å². The number of para-hydroxylation sites is 1. The predicted octanol–water partition coefficient (Wildman–Crippen LogP) is 4.69. The minimum atomic E-state index is -0.261. The van der Waals surface area contributed by atoms with Gasteiger partial charge in [0, 0.05) is 23.9 Å². The molecule has 0 fully saturated rings. The average molecular weight is 346 g/mol. The number of carbonyl (C=O) groups excluding carboxylic acids is 2. The monoisotopic (exact) mass is 346 g/mol. The molecule has 0 spiro atoms. The molecule has 0 bridgehead atoms. The molecule has 5 nitrogen and oxygen atoms in total. The zero-order chi connectivity index (χ0) is 18.4. The van der Waals surface area contributed by atoms with Gasteiger partial charge in [0.15, 0.2) is 0 Å². The number of rotatable bonds is 5. The van der Waals surface area contributed by atoms with Crippen molar-refractivity contribution in [1.29, 1.82) is 0 Å². The fourth-order valence-electron chi connectivity index (χ4n) is 2.41. The van der Waals surface area contributed by atoms with Gasteiger partial charge >= 0.3 is 0 Å². The lowest BCUT2D eigenvalue weighted by Crippen LogP contribution is -2.12. The zero-order valence-corrected chi connectivity index (χ0v) is 14.2. The summed E-state index contributed by atoms with van der Waals surface area (Å²) >= 11 is 0. The molecular weight excluding hydrogens is 328 g/mol. The molecule has 0 aliphatic heterocycles. The lowest BCUT2D eigenvalue weighted by molar-refractivity contribution is -0.114. The highest BCUT2D eigenvalue weighted by Gasteiger charge is 2.08. The molecule has 2 N–H and O–H groups in total. The Hall–Kier alpha value is -3.60. The molecule has 3 aromatic carbocycles. The highest BCUT2D eigenvalue weighted by molar-refractivity contribution is 6.04. The van der Waals surface area contributed by atoms with E-state index in [1.807, 2.05) is 30.3 Å². The van der Waals surface area contributed by atoms with Crippen LogP contribution in [0.1, 0.15) is 17.3 Å². The standard InChI is InChI=1S/C21H18N2O3/c1-15(24)22-17-8-6-9-18(14-17)23-21(25)16-7-5-12-20(13-16)26-19-10-3-2-4-11-19/h2-14H,1H3,(H,22,24)(H,23,25). The highest BCUT2D eigenvalue weighted by Crippen LogP contribution is 2.22. The van der Waals surface area contributed by atoms with Gasteiger partial charge in [-0.25, -0.2) is 0 Å². The Bertz CT molecular complexity index is 923. The summed E-state index contributed by atoms with van der Waals surface area (Å²) in [4.78, 5) is 23.6. The normalized spacial score (nSPS) is 10.0. The molecule has 5 heteroatoms. The van der Waals surface area contributed by atoms with Crippen molar-refractivity contribution >= 4 is 23.2 Å². The van der Waals surface area contributed by atoms with Crippen LogP contribution in [0.15, 0.2) is 78.9 Å². The second-order valence-electron chi connectivity index (χ2n) is 5.66. The van der Waals surface area contributed by atoms with Gasteiger partial charge in [-0.2, -0.15) is 0 Å². The first-order chi connectivity index (χ1) is 12.6. The van der Waals surface area contributed by atoms with Gasteiger partial charge < -0.3 is 15.4 Å². The van der Waals surface area contributed by atoms with Crippen LogP contribution in [0.3, 0.4) is 0 Å². The first-order valence-corrected chi connectivity index (χ1v) is 8.12. The Morgan fingerprint density at radius 1 is 0.731 bits per heavy atom. The van der Waals surface area contributed by atoms with E-state index < -0.39 is 0 Å². The summed E-state index contributed by atoms with van der Waals surface area (Å²) in [7, 11) is 0. The topological polar surface area (TPSA) is 67.4 Å². The summed E-state index contributed by atoms with van der Waals surface area (Å²) in [5.41, 5.74) is 1.69. The van der Waals surface area contributed by atoms with E-state index in [9.17, 15) is 9.59 Å². The van der Waals surface area contributed by atoms with Gasteiger partial charge in [-0.15, -0.1) is 0 Å². The van der Waals surface area contributed by atoms with Crippen molar-refractivity contribution < 1.29 is 14.3 Å². The molecule has 0 aliphatic carbocycles. The summed E-state index contributed by atoms with van der Waals surface area (Å²) in [6.07, 6.45) is 0. The second kappa shape index (κ2) is 7.98. The Morgan fingerprint density at radius 3 is 2.12 bits per heavy atom. The number of hydrogen-bond acceptors (Lipinski definition) is 3. The summed E-state index contributed by atoms with van der Waals surface area (Å²) in [5.74, 6) is 0.853. The number of benzene rings is 3. The van der Waals surface area contributed by atoms with Crippen LogP contribution in [0, 0.1) is 0 Å². The fourth-order valence-corrected chi connectivity index (χ4v) is 2.41. The number of carbonyl (C=O) groups is 2. The summed E-state index contributed by atoms with van der Waals surface area (Å²) in [6, 6.07) is 23.3. The van der Waals surface area contributed by atoms with Crippen molar-refractivity contribution in [3.63, 3.8) is 0 Å². The van der Waals surface area contributed by atoms with Crippen LogP contribution < -0.4 is 15.4 Å². The van der Waals surface area contributed by atoms with Crippen molar-refractivity contribution in [1.82, 2.24) is 0 Å². The highest BCUT2D eigenvalue weighted by atomic mass is 16.5. The van der Waals surface area contributed by atoms with E-state index in [-0.39, 0.29) is 11.8 Å². The molecule has 0 heterocycles. The van der Waals surface area contributed by atoms with Gasteiger partial charge in [-0.1, -0.05) is 30.3 Å². The molecule has 0 unspecified atom stereocenters. The van der Waals surface area contributed by atoms with Crippen LogP contribution in [0.5, 0.6) is 11.5 Å². The van der Waals surface area contributed by atoms with Crippen molar-refractivity contribution in [2.75, 3.05) is 10.6 Å². The quantitative estimate of drug-likeness (QED) is 0.704. The third-order valence-electron chi connectivity index (χ3n) is 3.52. The number of amides is 2. The minimum Gasteiger partial charge on any atom is -0.457 e. The molecule has 0 saturated heterocycles. The first-order valence-electron chi connectivity index (χ1n) is 8.12. The maximum Gasteiger partial charge on any atom is 0.255 e. The number of nitrogens with one attached hydrogen (secondary N) is 2. The van der Waals surface area contributed by atoms with Crippen LogP contribution in [-0.2, 0) is 4.79 Å². The predicted molar refractivity (Wildman–Crippen MR) is 102 cm³/mol. The lowest BCUT2D eigenvalue weighted by atomic mass is 10.2. The van der Waals surface area contributed by atoms with E-state index >= 15 is 0 Å². The van der Waals surface area contributed by atoms with E-state index in [1.54, 1.807) is 48.5 Å². The van der Waals surface area contributed by atoms with Gasteiger partial charge in [0.2, 0.25) is 5.91 Å². The molecular formula is C21H18N2O3. The molecule has 0 aliphatic rings. The smallest absolute Gasteiger partial charge is 0.255 e. The largest absolute Gasteiger partial charge is 0.457 e. The van der Waals surface area contributed by atoms with Crippen molar-refractivity contribution in [2.45, 2.75) is 6.92 Å². The van der Waals surface area contributed by atoms with E-state index in [2.05, 4.69) is 10.6 Å². The van der Waals surface area contributed by atoms with Gasteiger partial charge in [-0.3, -0.25) is 9.59 Å². The summed E-state index contributed by atoms with van der Waals surface area (Å²) in [5, 5.41) is 5.50. The summed E-state index contributed by atoms with van der Waals surface area (Å²) in [6.45, 7) is 1.43. The van der Waals surface area contributed by atoms with Crippen LogP contribution in [0.4, 0.5) is 11.4 Å². The van der Waals surface area contributed by atoms with Gasteiger partial charge in [0.25, 0.3) is 5.91 Å². The van der Waals surface area contributed by atoms with Gasteiger partial charge in [0.05, 0.1) is 0 Å². The van der Waals surface area contributed by atoms with E-state index in [0.717, 1.165) is 0 Å². The Morgan fingerprint density at radius 2 is 1.38 bits per heavy atom. The molecule has 130 valence electrons. The first kappa shape index (κ1) is 17.2. The summed E-state index contributed by atoms with van der Waals surface area (Å²) < 4.78 is 5.75. The van der Waals surface area contributed by atoms with Crippen molar-refractivity contribution in [3.8, 4) is 11.5 Å². The Balaban J connectivity index is 1.72. The fraction of sp³-hybridized carbons (Fsp3) is 0.0476. The maximum atomic E-state index is 12.5. The van der Waals surface area contributed by atoms with E-state index in [1.165, 1.54) is 6.92 Å². The molecule has 3 aromatic rings. The molecule has 3 rings (SSSR count). The molecule has 2 amide bonds. The van der Waals surface area contributed by atoms with E-state index in [0.29, 0.717) is 28.4 Å². The van der Waals surface area contributed by atoms with Crippen LogP contribution in [-0.4, -0.2) is 11.8 Å². The maximum absolute atomic E-state index is 12.5. The molecule has 0 saturated carbocycles. The molecule has 0 aromatic heterocycles. The lowest BCUT2D eigenvalue weighted by Gasteiger charge is -2.10. The number of anilines is 2. The average Bonchev–Trinajstić information content (AvgIpc) is 2.62. The molecule has 26 heavy (non-hydrogen) atoms. The Labute approximate surface area is 151 Å².